The fourth-order valence-electron chi connectivity index (χ4n) is 4.78. The van der Waals surface area contributed by atoms with E-state index in [-0.39, 0.29) is 23.9 Å². The van der Waals surface area contributed by atoms with Crippen molar-refractivity contribution in [2.45, 2.75) is 66.5 Å². The van der Waals surface area contributed by atoms with Gasteiger partial charge in [-0.1, -0.05) is 6.92 Å². The number of nitrogens with one attached hydrogen (secondary N) is 2. The summed E-state index contributed by atoms with van der Waals surface area (Å²) in [7, 11) is 1.74. The molecule has 1 fully saturated rings. The third kappa shape index (κ3) is 5.93. The molecule has 1 aromatic carbocycles. The molecular formula is C27H38N4O4. The van der Waals surface area contributed by atoms with Gasteiger partial charge >= 0.3 is 0 Å². The number of carbonyl (C=O) groups is 2. The summed E-state index contributed by atoms with van der Waals surface area (Å²) in [6.45, 7) is 11.9. The summed E-state index contributed by atoms with van der Waals surface area (Å²) in [5.74, 6) is -0.299. The number of hydrogen-bond acceptors (Lipinski definition) is 5. The molecule has 3 rings (SSSR count). The van der Waals surface area contributed by atoms with Crippen molar-refractivity contribution in [2.75, 3.05) is 36.6 Å². The van der Waals surface area contributed by atoms with Gasteiger partial charge in [-0.15, -0.1) is 0 Å². The van der Waals surface area contributed by atoms with Gasteiger partial charge in [0.15, 0.2) is 0 Å². The predicted octanol–water partition coefficient (Wildman–Crippen LogP) is 3.61. The quantitative estimate of drug-likeness (QED) is 0.599. The van der Waals surface area contributed by atoms with Crippen LogP contribution in [0.15, 0.2) is 23.0 Å². The van der Waals surface area contributed by atoms with Crippen molar-refractivity contribution in [1.29, 1.82) is 0 Å². The average molecular weight is 483 g/mol. The molecular weight excluding hydrogens is 444 g/mol. The van der Waals surface area contributed by atoms with E-state index in [4.69, 9.17) is 4.74 Å². The third-order valence-electron chi connectivity index (χ3n) is 6.87. The van der Waals surface area contributed by atoms with Crippen LogP contribution < -0.4 is 20.7 Å². The van der Waals surface area contributed by atoms with Gasteiger partial charge in [0.25, 0.3) is 11.5 Å². The van der Waals surface area contributed by atoms with Crippen LogP contribution in [0.1, 0.15) is 65.9 Å². The lowest BCUT2D eigenvalue weighted by atomic mass is 9.99. The van der Waals surface area contributed by atoms with E-state index in [0.717, 1.165) is 41.9 Å². The van der Waals surface area contributed by atoms with Crippen LogP contribution in [0.2, 0.25) is 0 Å². The second-order valence-electron chi connectivity index (χ2n) is 9.20. The third-order valence-corrected chi connectivity index (χ3v) is 6.87. The normalized spacial score (nSPS) is 14.0. The number of aromatic amines is 1. The average Bonchev–Trinajstić information content (AvgIpc) is 2.84. The molecule has 190 valence electrons. The molecule has 1 aliphatic heterocycles. The maximum absolute atomic E-state index is 13.4. The number of benzene rings is 1. The van der Waals surface area contributed by atoms with E-state index in [1.807, 2.05) is 39.8 Å². The number of hydrogen-bond donors (Lipinski definition) is 2. The summed E-state index contributed by atoms with van der Waals surface area (Å²) in [4.78, 5) is 45.1. The van der Waals surface area contributed by atoms with Gasteiger partial charge in [-0.25, -0.2) is 0 Å². The van der Waals surface area contributed by atoms with Crippen molar-refractivity contribution in [3.63, 3.8) is 0 Å². The Morgan fingerprint density at radius 3 is 2.40 bits per heavy atom. The highest BCUT2D eigenvalue weighted by molar-refractivity contribution is 6.01. The first-order chi connectivity index (χ1) is 16.7. The molecule has 0 radical (unpaired) electrons. The lowest BCUT2D eigenvalue weighted by Gasteiger charge is -2.37. The number of H-pyrrole nitrogens is 1. The maximum atomic E-state index is 13.4. The summed E-state index contributed by atoms with van der Waals surface area (Å²) in [5, 5.41) is 2.93. The van der Waals surface area contributed by atoms with Crippen molar-refractivity contribution in [2.24, 2.45) is 0 Å². The van der Waals surface area contributed by atoms with E-state index >= 15 is 0 Å². The van der Waals surface area contributed by atoms with E-state index in [0.29, 0.717) is 42.5 Å². The highest BCUT2D eigenvalue weighted by Crippen LogP contribution is 2.33. The molecule has 2 aromatic rings. The van der Waals surface area contributed by atoms with Crippen LogP contribution in [0.4, 0.5) is 11.4 Å². The van der Waals surface area contributed by atoms with Gasteiger partial charge in [0.05, 0.1) is 0 Å². The number of anilines is 2. The molecule has 0 unspecified atom stereocenters. The molecule has 8 heteroatoms. The van der Waals surface area contributed by atoms with Crippen molar-refractivity contribution in [3.05, 3.63) is 56.5 Å². The standard InChI is InChI=1S/C27H38N4O4/c1-7-25(32)30(6)21-14-22(26(33)28-16-23-17(3)13-18(4)29-27(23)34)19(5)24(15-21)31(8-2)20-9-11-35-12-10-20/h13-15,20H,7-12,16H2,1-6H3,(H,28,33)(H,29,34). The highest BCUT2D eigenvalue weighted by Gasteiger charge is 2.26. The maximum Gasteiger partial charge on any atom is 0.253 e. The van der Waals surface area contributed by atoms with Crippen molar-refractivity contribution >= 4 is 23.2 Å². The number of nitrogens with zero attached hydrogens (tertiary/aromatic N) is 2. The van der Waals surface area contributed by atoms with E-state index in [9.17, 15) is 14.4 Å². The molecule has 0 bridgehead atoms. The van der Waals surface area contributed by atoms with E-state index in [1.54, 1.807) is 18.0 Å². The van der Waals surface area contributed by atoms with E-state index in [1.165, 1.54) is 0 Å². The zero-order valence-electron chi connectivity index (χ0n) is 21.8. The van der Waals surface area contributed by atoms with Gasteiger partial charge in [-0.05, 0) is 69.9 Å². The topological polar surface area (TPSA) is 94.7 Å². The van der Waals surface area contributed by atoms with E-state index < -0.39 is 0 Å². The fraction of sp³-hybridized carbons (Fsp3) is 0.519. The van der Waals surface area contributed by atoms with Crippen LogP contribution in [-0.2, 0) is 16.1 Å². The zero-order valence-corrected chi connectivity index (χ0v) is 21.8. The van der Waals surface area contributed by atoms with Crippen molar-refractivity contribution in [3.8, 4) is 0 Å². The number of amides is 2. The van der Waals surface area contributed by atoms with Crippen molar-refractivity contribution in [1.82, 2.24) is 10.3 Å². The van der Waals surface area contributed by atoms with Crippen LogP contribution >= 0.6 is 0 Å². The highest BCUT2D eigenvalue weighted by atomic mass is 16.5. The van der Waals surface area contributed by atoms with Gasteiger partial charge in [0, 0.05) is 74.0 Å². The summed E-state index contributed by atoms with van der Waals surface area (Å²) in [5.41, 5.74) is 4.94. The second-order valence-corrected chi connectivity index (χ2v) is 9.20. The molecule has 8 nitrogen and oxygen atoms in total. The van der Waals surface area contributed by atoms with Crippen LogP contribution in [0.3, 0.4) is 0 Å². The first-order valence-corrected chi connectivity index (χ1v) is 12.4. The molecule has 2 N–H and O–H groups in total. The summed E-state index contributed by atoms with van der Waals surface area (Å²) in [6, 6.07) is 5.98. The lowest BCUT2D eigenvalue weighted by Crippen LogP contribution is -2.40. The van der Waals surface area contributed by atoms with Crippen LogP contribution in [0, 0.1) is 20.8 Å². The van der Waals surface area contributed by atoms with E-state index in [2.05, 4.69) is 22.1 Å². The summed E-state index contributed by atoms with van der Waals surface area (Å²) >= 11 is 0. The second kappa shape index (κ2) is 11.5. The van der Waals surface area contributed by atoms with Gasteiger partial charge < -0.3 is 24.8 Å². The largest absolute Gasteiger partial charge is 0.381 e. The Morgan fingerprint density at radius 1 is 1.11 bits per heavy atom. The number of aryl methyl sites for hydroxylation is 2. The molecule has 1 aromatic heterocycles. The Bertz CT molecular complexity index is 1130. The van der Waals surface area contributed by atoms with Crippen LogP contribution in [0.25, 0.3) is 0 Å². The number of carbonyl (C=O) groups excluding carboxylic acids is 2. The smallest absolute Gasteiger partial charge is 0.253 e. The molecule has 0 saturated carbocycles. The Labute approximate surface area is 207 Å². The lowest BCUT2D eigenvalue weighted by molar-refractivity contribution is -0.118. The summed E-state index contributed by atoms with van der Waals surface area (Å²) in [6.07, 6.45) is 2.20. The van der Waals surface area contributed by atoms with Gasteiger partial charge in [0.1, 0.15) is 0 Å². The minimum atomic E-state index is -0.273. The molecule has 35 heavy (non-hydrogen) atoms. The molecule has 0 spiro atoms. The Balaban J connectivity index is 2.00. The van der Waals surface area contributed by atoms with Gasteiger partial charge in [0.2, 0.25) is 5.91 Å². The minimum Gasteiger partial charge on any atom is -0.381 e. The number of rotatable bonds is 8. The Kier molecular flexibility index (Phi) is 8.72. The molecule has 2 amide bonds. The molecule has 1 aliphatic rings. The Morgan fingerprint density at radius 2 is 1.80 bits per heavy atom. The predicted molar refractivity (Wildman–Crippen MR) is 139 cm³/mol. The first-order valence-electron chi connectivity index (χ1n) is 12.4. The summed E-state index contributed by atoms with van der Waals surface area (Å²) < 4.78 is 5.56. The van der Waals surface area contributed by atoms with Crippen LogP contribution in [0.5, 0.6) is 0 Å². The molecule has 0 aliphatic carbocycles. The molecule has 0 atom stereocenters. The van der Waals surface area contributed by atoms with Gasteiger partial charge in [-0.3, -0.25) is 14.4 Å². The molecule has 1 saturated heterocycles. The fourth-order valence-corrected chi connectivity index (χ4v) is 4.78. The minimum absolute atomic E-state index is 0.0258. The SMILES string of the molecule is CCC(=O)N(C)c1cc(C(=O)NCc2c(C)cc(C)[nH]c2=O)c(C)c(N(CC)C2CCOCC2)c1. The number of aromatic nitrogens is 1. The Hall–Kier alpha value is -3.13. The molecule has 2 heterocycles. The zero-order chi connectivity index (χ0) is 25.7. The number of pyridine rings is 1. The van der Waals surface area contributed by atoms with Gasteiger partial charge in [-0.2, -0.15) is 0 Å². The van der Waals surface area contributed by atoms with Crippen molar-refractivity contribution < 1.29 is 14.3 Å². The number of ether oxygens (including phenoxy) is 1. The van der Waals surface area contributed by atoms with Crippen LogP contribution in [-0.4, -0.2) is 49.6 Å². The monoisotopic (exact) mass is 482 g/mol. The first kappa shape index (κ1) is 26.5.